The van der Waals surface area contributed by atoms with Gasteiger partial charge in [0.25, 0.3) is 0 Å². The number of allylic oxidation sites excluding steroid dienone is 1. The van der Waals surface area contributed by atoms with Gasteiger partial charge in [-0.1, -0.05) is 60.7 Å². The highest BCUT2D eigenvalue weighted by Gasteiger charge is 2.14. The Hall–Kier alpha value is -2.84. The van der Waals surface area contributed by atoms with Gasteiger partial charge in [-0.05, 0) is 47.7 Å². The molecule has 0 aliphatic carbocycles. The summed E-state index contributed by atoms with van der Waals surface area (Å²) in [5, 5.41) is 2.79. The molecule has 0 unspecified atom stereocenters. The van der Waals surface area contributed by atoms with Crippen molar-refractivity contribution < 1.29 is 4.42 Å². The molecule has 0 saturated carbocycles. The van der Waals surface area contributed by atoms with E-state index in [0.717, 1.165) is 38.6 Å². The summed E-state index contributed by atoms with van der Waals surface area (Å²) in [6.45, 7) is 5.78. The third kappa shape index (κ3) is 2.75. The molecule has 0 fully saturated rings. The van der Waals surface area contributed by atoms with Crippen molar-refractivity contribution >= 4 is 45.6 Å². The van der Waals surface area contributed by atoms with Crippen molar-refractivity contribution in [1.29, 1.82) is 0 Å². The van der Waals surface area contributed by atoms with E-state index in [4.69, 9.17) is 16.0 Å². The fourth-order valence-electron chi connectivity index (χ4n) is 3.07. The van der Waals surface area contributed by atoms with Crippen LogP contribution in [0.2, 0.25) is 0 Å². The summed E-state index contributed by atoms with van der Waals surface area (Å²) in [5.41, 5.74) is 4.56. The van der Waals surface area contributed by atoms with Gasteiger partial charge in [0.15, 0.2) is 5.58 Å². The van der Waals surface area contributed by atoms with E-state index >= 15 is 0 Å². The van der Waals surface area contributed by atoms with E-state index in [-0.39, 0.29) is 0 Å². The Morgan fingerprint density at radius 1 is 1.08 bits per heavy atom. The highest BCUT2D eigenvalue weighted by Crippen LogP contribution is 2.35. The maximum absolute atomic E-state index is 6.17. The van der Waals surface area contributed by atoms with Gasteiger partial charge in [0.1, 0.15) is 5.52 Å². The van der Waals surface area contributed by atoms with Crippen molar-refractivity contribution in [3.05, 3.63) is 77.3 Å². The number of halogens is 1. The quantitative estimate of drug-likeness (QED) is 0.404. The van der Waals surface area contributed by atoms with Gasteiger partial charge in [-0.3, -0.25) is 0 Å². The number of oxazole rings is 1. The van der Waals surface area contributed by atoms with Gasteiger partial charge >= 0.3 is 0 Å². The molecule has 0 radical (unpaired) electrons. The van der Waals surface area contributed by atoms with Crippen LogP contribution in [0.5, 0.6) is 0 Å². The molecule has 0 saturated heterocycles. The van der Waals surface area contributed by atoms with Crippen LogP contribution in [0.1, 0.15) is 18.1 Å². The topological polar surface area (TPSA) is 26.0 Å². The zero-order valence-corrected chi connectivity index (χ0v) is 14.5. The van der Waals surface area contributed by atoms with Crippen LogP contribution >= 0.6 is 11.6 Å². The molecule has 0 N–H and O–H groups in total. The minimum absolute atomic E-state index is 0.615. The van der Waals surface area contributed by atoms with E-state index in [1.165, 1.54) is 0 Å². The lowest BCUT2D eigenvalue weighted by molar-refractivity contribution is 0.623. The number of benzene rings is 3. The van der Waals surface area contributed by atoms with Gasteiger partial charge < -0.3 is 4.42 Å². The fraction of sp³-hybridized carbons (Fsp3) is 0.0455. The summed E-state index contributed by atoms with van der Waals surface area (Å²) >= 11 is 6.17. The molecule has 0 bridgehead atoms. The second-order valence-electron chi connectivity index (χ2n) is 5.90. The monoisotopic (exact) mass is 345 g/mol. The number of nitrogens with zero attached hydrogens (tertiary/aromatic N) is 1. The Labute approximate surface area is 151 Å². The highest BCUT2D eigenvalue weighted by atomic mass is 35.5. The first-order chi connectivity index (χ1) is 12.2. The first kappa shape index (κ1) is 15.7. The van der Waals surface area contributed by atoms with Crippen LogP contribution in [0.3, 0.4) is 0 Å². The molecular formula is C22H16ClNO. The fourth-order valence-corrected chi connectivity index (χ4v) is 3.18. The van der Waals surface area contributed by atoms with E-state index in [1.807, 2.05) is 61.5 Å². The standard InChI is InChI=1S/C22H16ClNO/c1-3-15-9-10-16-11-12-19-21(20(16)18(15)13-14(2)23)25-22(24-19)17-7-5-4-6-8-17/h3-13H,1H2,2H3/b14-13+. The van der Waals surface area contributed by atoms with Crippen LogP contribution in [-0.4, -0.2) is 4.98 Å². The molecule has 3 heteroatoms. The van der Waals surface area contributed by atoms with Gasteiger partial charge in [0, 0.05) is 16.0 Å². The summed E-state index contributed by atoms with van der Waals surface area (Å²) in [4.78, 5) is 4.66. The van der Waals surface area contributed by atoms with E-state index in [0.29, 0.717) is 10.9 Å². The molecule has 1 heterocycles. The Kier molecular flexibility index (Phi) is 3.90. The van der Waals surface area contributed by atoms with Crippen molar-refractivity contribution in [2.45, 2.75) is 6.92 Å². The molecule has 1 aromatic heterocycles. The molecule has 0 spiro atoms. The molecule has 0 aliphatic rings. The molecule has 4 rings (SSSR count). The minimum atomic E-state index is 0.615. The van der Waals surface area contributed by atoms with Crippen LogP contribution in [0, 0.1) is 0 Å². The third-order valence-corrected chi connectivity index (χ3v) is 4.31. The van der Waals surface area contributed by atoms with Crippen molar-refractivity contribution in [2.75, 3.05) is 0 Å². The predicted molar refractivity (Wildman–Crippen MR) is 107 cm³/mol. The molecule has 3 aromatic carbocycles. The van der Waals surface area contributed by atoms with Crippen molar-refractivity contribution in [3.63, 3.8) is 0 Å². The lowest BCUT2D eigenvalue weighted by Crippen LogP contribution is -1.86. The highest BCUT2D eigenvalue weighted by molar-refractivity contribution is 6.31. The van der Waals surface area contributed by atoms with E-state index < -0.39 is 0 Å². The first-order valence-electron chi connectivity index (χ1n) is 8.05. The molecule has 0 amide bonds. The van der Waals surface area contributed by atoms with Crippen molar-refractivity contribution in [3.8, 4) is 11.5 Å². The lowest BCUT2D eigenvalue weighted by Gasteiger charge is -2.07. The van der Waals surface area contributed by atoms with Crippen LogP contribution < -0.4 is 0 Å². The zero-order valence-electron chi connectivity index (χ0n) is 13.8. The number of rotatable bonds is 3. The number of fused-ring (bicyclic) bond motifs is 3. The predicted octanol–water partition coefficient (Wildman–Crippen LogP) is 6.89. The summed E-state index contributed by atoms with van der Waals surface area (Å²) in [6.07, 6.45) is 3.78. The Bertz CT molecular complexity index is 1120. The maximum atomic E-state index is 6.17. The Balaban J connectivity index is 2.10. The van der Waals surface area contributed by atoms with Crippen LogP contribution in [0.15, 0.2) is 70.6 Å². The molecule has 122 valence electrons. The summed E-state index contributed by atoms with van der Waals surface area (Å²) in [6, 6.07) is 18.1. The van der Waals surface area contributed by atoms with Gasteiger partial charge in [-0.15, -0.1) is 0 Å². The Morgan fingerprint density at radius 2 is 1.84 bits per heavy atom. The lowest BCUT2D eigenvalue weighted by atomic mass is 9.97. The van der Waals surface area contributed by atoms with Crippen molar-refractivity contribution in [2.24, 2.45) is 0 Å². The molecule has 2 nitrogen and oxygen atoms in total. The Morgan fingerprint density at radius 3 is 2.56 bits per heavy atom. The average molecular weight is 346 g/mol. The molecule has 0 aliphatic heterocycles. The van der Waals surface area contributed by atoms with Crippen LogP contribution in [0.4, 0.5) is 0 Å². The van der Waals surface area contributed by atoms with Gasteiger partial charge in [-0.25, -0.2) is 4.98 Å². The van der Waals surface area contributed by atoms with Gasteiger partial charge in [0.05, 0.1) is 0 Å². The van der Waals surface area contributed by atoms with Crippen LogP contribution in [0.25, 0.3) is 45.5 Å². The second kappa shape index (κ2) is 6.23. The third-order valence-electron chi connectivity index (χ3n) is 4.20. The normalized spacial score (nSPS) is 12.0. The summed E-state index contributed by atoms with van der Waals surface area (Å²) < 4.78 is 6.17. The smallest absolute Gasteiger partial charge is 0.227 e. The minimum Gasteiger partial charge on any atom is -0.435 e. The SMILES string of the molecule is C=Cc1ccc2ccc3nc(-c4ccccc4)oc3c2c1/C=C(\C)Cl. The van der Waals surface area contributed by atoms with Gasteiger partial charge in [0.2, 0.25) is 5.89 Å². The van der Waals surface area contributed by atoms with Gasteiger partial charge in [-0.2, -0.15) is 0 Å². The zero-order chi connectivity index (χ0) is 17.4. The summed E-state index contributed by atoms with van der Waals surface area (Å²) in [5.74, 6) is 0.615. The second-order valence-corrected chi connectivity index (χ2v) is 6.50. The summed E-state index contributed by atoms with van der Waals surface area (Å²) in [7, 11) is 0. The molecule has 0 atom stereocenters. The first-order valence-corrected chi connectivity index (χ1v) is 8.43. The largest absolute Gasteiger partial charge is 0.435 e. The van der Waals surface area contributed by atoms with E-state index in [9.17, 15) is 0 Å². The number of hydrogen-bond acceptors (Lipinski definition) is 2. The maximum Gasteiger partial charge on any atom is 0.227 e. The van der Waals surface area contributed by atoms with Crippen LogP contribution in [-0.2, 0) is 0 Å². The average Bonchev–Trinajstić information content (AvgIpc) is 3.06. The van der Waals surface area contributed by atoms with Crippen molar-refractivity contribution in [1.82, 2.24) is 4.98 Å². The van der Waals surface area contributed by atoms with E-state index in [2.05, 4.69) is 23.7 Å². The molecule has 4 aromatic rings. The number of hydrogen-bond donors (Lipinski definition) is 0. The molecular weight excluding hydrogens is 330 g/mol. The molecule has 25 heavy (non-hydrogen) atoms. The van der Waals surface area contributed by atoms with E-state index in [1.54, 1.807) is 0 Å². The number of aromatic nitrogens is 1.